The summed E-state index contributed by atoms with van der Waals surface area (Å²) in [4.78, 5) is 35.1. The second-order valence-electron chi connectivity index (χ2n) is 12.3. The molecule has 1 amide bonds. The highest BCUT2D eigenvalue weighted by atomic mass is 35.5. The van der Waals surface area contributed by atoms with Gasteiger partial charge in [0.1, 0.15) is 17.6 Å². The summed E-state index contributed by atoms with van der Waals surface area (Å²) < 4.78 is 6.51. The molecule has 7 rings (SSSR count). The molecule has 5 heterocycles. The second-order valence-corrected chi connectivity index (χ2v) is 12.7. The lowest BCUT2D eigenvalue weighted by Crippen LogP contribution is -2.58. The molecule has 4 aromatic rings. The van der Waals surface area contributed by atoms with Crippen molar-refractivity contribution in [2.75, 3.05) is 69.8 Å². The van der Waals surface area contributed by atoms with Crippen LogP contribution in [0.4, 0.5) is 11.8 Å². The highest BCUT2D eigenvalue weighted by Gasteiger charge is 2.36. The number of amides is 1. The number of nitrogens with zero attached hydrogens (tertiary/aromatic N) is 8. The molecular formula is C33H36ClN9O2. The van der Waals surface area contributed by atoms with Crippen LogP contribution in [0.1, 0.15) is 17.5 Å². The Bertz CT molecular complexity index is 1870. The first-order valence-electron chi connectivity index (χ1n) is 15.3. The maximum atomic E-state index is 12.7. The van der Waals surface area contributed by atoms with Crippen molar-refractivity contribution in [2.45, 2.75) is 31.8 Å². The largest absolute Gasteiger partial charge is 0.492 e. The molecular weight excluding hydrogens is 590 g/mol. The average Bonchev–Trinajstić information content (AvgIpc) is 3.47. The summed E-state index contributed by atoms with van der Waals surface area (Å²) >= 11 is 7.07. The number of likely N-dealkylation sites (N-methyl/N-ethyl adjacent to an activating group) is 1. The van der Waals surface area contributed by atoms with E-state index in [4.69, 9.17) is 32.9 Å². The van der Waals surface area contributed by atoms with Crippen LogP contribution in [0.5, 0.6) is 5.75 Å². The zero-order valence-corrected chi connectivity index (χ0v) is 26.6. The third-order valence-corrected chi connectivity index (χ3v) is 9.87. The van der Waals surface area contributed by atoms with Gasteiger partial charge in [-0.1, -0.05) is 18.2 Å². The minimum absolute atomic E-state index is 0.155. The van der Waals surface area contributed by atoms with E-state index in [1.54, 1.807) is 4.90 Å². The quantitative estimate of drug-likeness (QED) is 0.250. The van der Waals surface area contributed by atoms with Crippen LogP contribution in [0.2, 0.25) is 5.02 Å². The van der Waals surface area contributed by atoms with Gasteiger partial charge >= 0.3 is 0 Å². The topological polar surface area (TPSA) is 98.1 Å². The predicted octanol–water partition coefficient (Wildman–Crippen LogP) is 4.33. The molecule has 45 heavy (non-hydrogen) atoms. The van der Waals surface area contributed by atoms with Crippen molar-refractivity contribution < 1.29 is 9.53 Å². The summed E-state index contributed by atoms with van der Waals surface area (Å²) in [6.45, 7) is 17.2. The molecule has 1 atom stereocenters. The van der Waals surface area contributed by atoms with Crippen LogP contribution in [0.3, 0.4) is 0 Å². The highest BCUT2D eigenvalue weighted by Crippen LogP contribution is 2.48. The number of anilines is 2. The number of aryl methyl sites for hydroxylation is 1. The molecule has 1 N–H and O–H groups in total. The lowest BCUT2D eigenvalue weighted by Gasteiger charge is -2.43. The van der Waals surface area contributed by atoms with Gasteiger partial charge in [-0.25, -0.2) is 11.6 Å². The molecule has 0 unspecified atom stereocenters. The summed E-state index contributed by atoms with van der Waals surface area (Å²) in [5, 5.41) is 9.94. The Hall–Kier alpha value is -4.40. The molecule has 0 aliphatic carbocycles. The van der Waals surface area contributed by atoms with Crippen molar-refractivity contribution in [2.24, 2.45) is 0 Å². The number of ether oxygens (including phenoxy) is 1. The van der Waals surface area contributed by atoms with E-state index in [1.165, 1.54) is 6.08 Å². The van der Waals surface area contributed by atoms with E-state index in [2.05, 4.69) is 56.5 Å². The zero-order valence-electron chi connectivity index (χ0n) is 25.8. The van der Waals surface area contributed by atoms with Crippen LogP contribution < -0.4 is 14.5 Å². The van der Waals surface area contributed by atoms with Gasteiger partial charge in [-0.2, -0.15) is 10.1 Å². The molecule has 3 aliphatic heterocycles. The minimum Gasteiger partial charge on any atom is -0.492 e. The molecule has 3 aliphatic rings. The molecule has 2 fully saturated rings. The molecule has 2 aromatic carbocycles. The first-order chi connectivity index (χ1) is 21.8. The Labute approximate surface area is 267 Å². The molecule has 2 aromatic heterocycles. The summed E-state index contributed by atoms with van der Waals surface area (Å²) in [6.07, 6.45) is 4.86. The summed E-state index contributed by atoms with van der Waals surface area (Å²) in [7, 11) is 4.18. The maximum absolute atomic E-state index is 12.7. The van der Waals surface area contributed by atoms with Crippen LogP contribution in [0.25, 0.3) is 37.8 Å². The van der Waals surface area contributed by atoms with Gasteiger partial charge < -0.3 is 29.2 Å². The van der Waals surface area contributed by atoms with Gasteiger partial charge in [0.05, 0.1) is 34.2 Å². The molecule has 232 valence electrons. The van der Waals surface area contributed by atoms with Gasteiger partial charge in [0.25, 0.3) is 0 Å². The second kappa shape index (κ2) is 11.5. The molecule has 0 saturated carbocycles. The van der Waals surface area contributed by atoms with Gasteiger partial charge in [-0.05, 0) is 63.2 Å². The van der Waals surface area contributed by atoms with Crippen molar-refractivity contribution in [1.82, 2.24) is 30.0 Å². The summed E-state index contributed by atoms with van der Waals surface area (Å²) in [6, 6.07) is 4.31. The van der Waals surface area contributed by atoms with E-state index in [0.29, 0.717) is 43.3 Å². The first kappa shape index (κ1) is 29.3. The number of fused-ring (bicyclic) bond motifs is 4. The minimum atomic E-state index is -0.283. The first-order valence-corrected chi connectivity index (χ1v) is 15.7. The third kappa shape index (κ3) is 4.93. The number of piperazine rings is 1. The number of benzene rings is 2. The van der Waals surface area contributed by atoms with Crippen LogP contribution in [-0.4, -0.2) is 108 Å². The van der Waals surface area contributed by atoms with E-state index < -0.39 is 0 Å². The monoisotopic (exact) mass is 625 g/mol. The van der Waals surface area contributed by atoms with Gasteiger partial charge in [0.2, 0.25) is 18.4 Å². The Kier molecular flexibility index (Phi) is 7.50. The molecule has 12 heteroatoms. The Balaban J connectivity index is 1.44. The number of carbonyl (C=O) groups excluding carboxylic acids is 1. The number of carbonyl (C=O) groups is 1. The third-order valence-electron chi connectivity index (χ3n) is 9.38. The van der Waals surface area contributed by atoms with Gasteiger partial charge in [-0.15, -0.1) is 0 Å². The Morgan fingerprint density at radius 3 is 2.82 bits per heavy atom. The summed E-state index contributed by atoms with van der Waals surface area (Å²) in [5.41, 5.74) is 5.67. The number of aromatic nitrogens is 4. The molecule has 11 nitrogen and oxygen atoms in total. The van der Waals surface area contributed by atoms with E-state index in [9.17, 15) is 4.79 Å². The molecule has 0 radical (unpaired) electrons. The van der Waals surface area contributed by atoms with Gasteiger partial charge in [-0.3, -0.25) is 9.89 Å². The van der Waals surface area contributed by atoms with E-state index in [1.807, 2.05) is 19.2 Å². The highest BCUT2D eigenvalue weighted by molar-refractivity contribution is 6.36. The van der Waals surface area contributed by atoms with Crippen LogP contribution in [-0.2, 0) is 11.2 Å². The Morgan fingerprint density at radius 2 is 2.07 bits per heavy atom. The smallest absolute Gasteiger partial charge is 0.246 e. The van der Waals surface area contributed by atoms with E-state index in [-0.39, 0.29) is 18.5 Å². The number of hydrogen-bond donors (Lipinski definition) is 1. The fourth-order valence-corrected chi connectivity index (χ4v) is 7.08. The average molecular weight is 626 g/mol. The molecule has 2 saturated heterocycles. The van der Waals surface area contributed by atoms with Crippen molar-refractivity contribution in [3.8, 4) is 16.9 Å². The number of H-pyrrole nitrogens is 1. The van der Waals surface area contributed by atoms with E-state index in [0.717, 1.165) is 81.6 Å². The number of rotatable bonds is 6. The lowest BCUT2D eigenvalue weighted by molar-refractivity contribution is -0.128. The van der Waals surface area contributed by atoms with Crippen molar-refractivity contribution in [1.29, 1.82) is 0 Å². The number of aromatic amines is 1. The standard InChI is InChI=1S/C33H36ClN9O2/c1-6-27(44)43-10-9-41(16-20(43)14-35-3)32-29-26(37-33(38-32)42-17-21(18-42)40(4)5)13-23(22-8-7-11-45-31(22)29)28-24-15-36-39-25(24)12-19(2)30(28)34/h6,12-13,15,20-21H,1,7-11,14,16-18H2,2,4-5H3,(H,36,39)/t20-/m0/s1. The van der Waals surface area contributed by atoms with Gasteiger partial charge in [0, 0.05) is 55.3 Å². The van der Waals surface area contributed by atoms with Crippen LogP contribution in [0.15, 0.2) is 31.0 Å². The summed E-state index contributed by atoms with van der Waals surface area (Å²) in [5.74, 6) is 2.06. The number of hydrogen-bond acceptors (Lipinski definition) is 8. The molecule has 0 bridgehead atoms. The SMILES string of the molecule is [C-]#[N+]C[C@H]1CN(c2nc(N3CC(N(C)C)C3)nc3cc(-c4c(Cl)c(C)cc5[nH]ncc45)c4c(c23)OCCC4)CCN1C(=O)C=C. The van der Waals surface area contributed by atoms with Gasteiger partial charge in [0.15, 0.2) is 0 Å². The lowest BCUT2D eigenvalue weighted by atomic mass is 9.90. The Morgan fingerprint density at radius 1 is 1.24 bits per heavy atom. The van der Waals surface area contributed by atoms with Crippen molar-refractivity contribution in [3.63, 3.8) is 0 Å². The van der Waals surface area contributed by atoms with Crippen LogP contribution in [0, 0.1) is 13.5 Å². The van der Waals surface area contributed by atoms with E-state index >= 15 is 0 Å². The van der Waals surface area contributed by atoms with Crippen molar-refractivity contribution in [3.05, 3.63) is 58.6 Å². The number of nitrogens with one attached hydrogen (secondary N) is 1. The fourth-order valence-electron chi connectivity index (χ4n) is 6.82. The van der Waals surface area contributed by atoms with Crippen LogP contribution >= 0.6 is 11.6 Å². The normalized spacial score (nSPS) is 18.6. The fraction of sp³-hybridized carbons (Fsp3) is 0.424. The predicted molar refractivity (Wildman–Crippen MR) is 177 cm³/mol. The maximum Gasteiger partial charge on any atom is 0.246 e. The molecule has 0 spiro atoms. The zero-order chi connectivity index (χ0) is 31.4. The number of halogens is 1. The van der Waals surface area contributed by atoms with Crippen molar-refractivity contribution >= 4 is 51.1 Å².